The molecule has 2 bridgehead atoms. The van der Waals surface area contributed by atoms with E-state index in [9.17, 15) is 0 Å². The number of hydrogen-bond acceptors (Lipinski definition) is 9. The minimum atomic E-state index is -0.556. The average Bonchev–Trinajstić information content (AvgIpc) is 3.69. The fourth-order valence-corrected chi connectivity index (χ4v) is 7.93. The molecular formula is C32H35FN8O. The number of nitrogen functional groups attached to an aromatic ring is 1. The Morgan fingerprint density at radius 3 is 2.62 bits per heavy atom. The first-order valence-electron chi connectivity index (χ1n) is 15.1. The Kier molecular flexibility index (Phi) is 6.05. The summed E-state index contributed by atoms with van der Waals surface area (Å²) in [5, 5.41) is 14.0. The highest BCUT2D eigenvalue weighted by molar-refractivity contribution is 6.09. The van der Waals surface area contributed by atoms with Crippen LogP contribution in [0.5, 0.6) is 6.01 Å². The maximum absolute atomic E-state index is 16.8. The SMILES string of the molecule is N=Cc1c(N)cc2ccccc2c1-c1ncc2c(N3CC4CCC(C3)N4)nc(OCC34CCCN3CCC4)nc2c1F. The Bertz CT molecular complexity index is 1700. The van der Waals surface area contributed by atoms with Crippen molar-refractivity contribution in [3.63, 3.8) is 0 Å². The van der Waals surface area contributed by atoms with Crippen LogP contribution < -0.4 is 20.7 Å². The molecule has 4 N–H and O–H groups in total. The van der Waals surface area contributed by atoms with Crippen LogP contribution >= 0.6 is 0 Å². The lowest BCUT2D eigenvalue weighted by Gasteiger charge is -2.34. The van der Waals surface area contributed by atoms with Gasteiger partial charge in [0.25, 0.3) is 0 Å². The molecular weight excluding hydrogens is 531 g/mol. The molecule has 10 heteroatoms. The second-order valence-corrected chi connectivity index (χ2v) is 12.4. The first-order valence-corrected chi connectivity index (χ1v) is 15.1. The molecule has 2 aromatic heterocycles. The van der Waals surface area contributed by atoms with Gasteiger partial charge in [0.1, 0.15) is 23.6 Å². The molecule has 8 rings (SSSR count). The third-order valence-electron chi connectivity index (χ3n) is 9.94. The van der Waals surface area contributed by atoms with Crippen molar-refractivity contribution in [2.45, 2.75) is 56.1 Å². The normalized spacial score (nSPS) is 23.1. The van der Waals surface area contributed by atoms with E-state index in [1.165, 1.54) is 19.1 Å². The van der Waals surface area contributed by atoms with Gasteiger partial charge in [-0.25, -0.2) is 4.39 Å². The van der Waals surface area contributed by atoms with E-state index in [1.807, 2.05) is 30.3 Å². The molecule has 4 aromatic rings. The van der Waals surface area contributed by atoms with Gasteiger partial charge >= 0.3 is 6.01 Å². The molecule has 0 saturated carbocycles. The second kappa shape index (κ2) is 9.84. The van der Waals surface area contributed by atoms with Gasteiger partial charge in [-0.1, -0.05) is 24.3 Å². The zero-order valence-corrected chi connectivity index (χ0v) is 23.6. The van der Waals surface area contributed by atoms with Gasteiger partial charge in [0.15, 0.2) is 5.82 Å². The van der Waals surface area contributed by atoms with Crippen LogP contribution in [0.2, 0.25) is 0 Å². The Balaban J connectivity index is 1.28. The van der Waals surface area contributed by atoms with Crippen LogP contribution in [-0.2, 0) is 0 Å². The molecule has 4 aliphatic heterocycles. The number of piperazine rings is 1. The molecule has 216 valence electrons. The van der Waals surface area contributed by atoms with E-state index in [2.05, 4.69) is 20.1 Å². The summed E-state index contributed by atoms with van der Waals surface area (Å²) in [7, 11) is 0. The highest BCUT2D eigenvalue weighted by atomic mass is 19.1. The molecule has 4 fully saturated rings. The zero-order valence-electron chi connectivity index (χ0n) is 23.6. The second-order valence-electron chi connectivity index (χ2n) is 12.4. The predicted molar refractivity (Wildman–Crippen MR) is 163 cm³/mol. The van der Waals surface area contributed by atoms with Crippen LogP contribution in [0, 0.1) is 11.2 Å². The van der Waals surface area contributed by atoms with E-state index in [1.54, 1.807) is 6.20 Å². The summed E-state index contributed by atoms with van der Waals surface area (Å²) in [6.07, 6.45) is 9.64. The van der Waals surface area contributed by atoms with E-state index < -0.39 is 5.82 Å². The average molecular weight is 567 g/mol. The van der Waals surface area contributed by atoms with Crippen LogP contribution in [0.3, 0.4) is 0 Å². The lowest BCUT2D eigenvalue weighted by Crippen LogP contribution is -2.51. The summed E-state index contributed by atoms with van der Waals surface area (Å²) in [6, 6.07) is 10.4. The van der Waals surface area contributed by atoms with Crippen LogP contribution in [-0.4, -0.2) is 76.5 Å². The van der Waals surface area contributed by atoms with Gasteiger partial charge in [0.05, 0.1) is 10.9 Å². The van der Waals surface area contributed by atoms with E-state index in [4.69, 9.17) is 25.8 Å². The Labute approximate surface area is 243 Å². The smallest absolute Gasteiger partial charge is 0.319 e. The summed E-state index contributed by atoms with van der Waals surface area (Å²) < 4.78 is 23.2. The number of ether oxygens (including phenoxy) is 1. The fraction of sp³-hybridized carbons (Fsp3) is 0.438. The largest absolute Gasteiger partial charge is 0.461 e. The molecule has 4 aliphatic rings. The number of pyridine rings is 1. The van der Waals surface area contributed by atoms with Crippen molar-refractivity contribution in [1.82, 2.24) is 25.2 Å². The number of benzene rings is 2. The topological polar surface area (TPSA) is 116 Å². The summed E-state index contributed by atoms with van der Waals surface area (Å²) in [5.41, 5.74) is 8.01. The van der Waals surface area contributed by atoms with Gasteiger partial charge in [-0.05, 0) is 68.5 Å². The molecule has 9 nitrogen and oxygen atoms in total. The van der Waals surface area contributed by atoms with Gasteiger partial charge in [-0.2, -0.15) is 9.97 Å². The standard InChI is InChI=1S/C32H35FN8O/c33-27-28-24(15-36-29(27)26-22-6-2-1-5-19(22)13-25(35)23(26)14-34)30(40-16-20-7-8-21(17-40)37-20)39-31(38-28)42-18-32-9-3-11-41(32)12-4-10-32/h1-2,5-6,13-15,20-21,34,37H,3-4,7-12,16-18,35H2. The number of nitrogens with one attached hydrogen (secondary N) is 2. The van der Waals surface area contributed by atoms with Crippen LogP contribution in [0.25, 0.3) is 32.9 Å². The van der Waals surface area contributed by atoms with E-state index in [0.717, 1.165) is 62.6 Å². The molecule has 0 amide bonds. The first-order chi connectivity index (χ1) is 20.5. The molecule has 0 radical (unpaired) electrons. The lowest BCUT2D eigenvalue weighted by atomic mass is 9.94. The number of rotatable bonds is 6. The van der Waals surface area contributed by atoms with Crippen LogP contribution in [0.4, 0.5) is 15.9 Å². The molecule has 42 heavy (non-hydrogen) atoms. The highest BCUT2D eigenvalue weighted by Gasteiger charge is 2.45. The number of nitrogens with two attached hydrogens (primary N) is 1. The number of hydrogen-bond donors (Lipinski definition) is 3. The van der Waals surface area contributed by atoms with Gasteiger partial charge < -0.3 is 26.1 Å². The van der Waals surface area contributed by atoms with Crippen molar-refractivity contribution in [1.29, 1.82) is 5.41 Å². The third-order valence-corrected chi connectivity index (χ3v) is 9.94. The predicted octanol–water partition coefficient (Wildman–Crippen LogP) is 4.51. The van der Waals surface area contributed by atoms with E-state index in [0.29, 0.717) is 46.7 Å². The van der Waals surface area contributed by atoms with Gasteiger partial charge in [0.2, 0.25) is 0 Å². The molecule has 6 heterocycles. The van der Waals surface area contributed by atoms with Crippen molar-refractivity contribution in [3.05, 3.63) is 47.9 Å². The Morgan fingerprint density at radius 1 is 1.10 bits per heavy atom. The van der Waals surface area contributed by atoms with Crippen molar-refractivity contribution in [3.8, 4) is 17.3 Å². The lowest BCUT2D eigenvalue weighted by molar-refractivity contribution is 0.108. The van der Waals surface area contributed by atoms with Crippen molar-refractivity contribution < 1.29 is 9.13 Å². The minimum absolute atomic E-state index is 0.0218. The third kappa shape index (κ3) is 4.03. The minimum Gasteiger partial charge on any atom is -0.461 e. The van der Waals surface area contributed by atoms with E-state index in [-0.39, 0.29) is 22.8 Å². The maximum atomic E-state index is 16.8. The maximum Gasteiger partial charge on any atom is 0.319 e. The van der Waals surface area contributed by atoms with Crippen molar-refractivity contribution >= 4 is 39.4 Å². The summed E-state index contributed by atoms with van der Waals surface area (Å²) in [5.74, 6) is 0.114. The number of anilines is 2. The fourth-order valence-electron chi connectivity index (χ4n) is 7.93. The quantitative estimate of drug-likeness (QED) is 0.231. The molecule has 2 unspecified atom stereocenters. The molecule has 2 aromatic carbocycles. The summed E-state index contributed by atoms with van der Waals surface area (Å²) >= 11 is 0. The molecule has 0 aliphatic carbocycles. The number of nitrogens with zero attached hydrogens (tertiary/aromatic N) is 5. The highest BCUT2D eigenvalue weighted by Crippen LogP contribution is 2.41. The zero-order chi connectivity index (χ0) is 28.4. The molecule has 0 spiro atoms. The molecule has 2 atom stereocenters. The first kappa shape index (κ1) is 25.8. The number of halogens is 1. The van der Waals surface area contributed by atoms with Crippen molar-refractivity contribution in [2.24, 2.45) is 0 Å². The summed E-state index contributed by atoms with van der Waals surface area (Å²) in [6.45, 7) is 4.29. The van der Waals surface area contributed by atoms with Gasteiger partial charge in [0, 0.05) is 54.4 Å². The Morgan fingerprint density at radius 2 is 1.86 bits per heavy atom. The summed E-state index contributed by atoms with van der Waals surface area (Å²) in [4.78, 5) is 19.1. The van der Waals surface area contributed by atoms with Crippen molar-refractivity contribution in [2.75, 3.05) is 43.4 Å². The monoisotopic (exact) mass is 566 g/mol. The van der Waals surface area contributed by atoms with Crippen LogP contribution in [0.1, 0.15) is 44.1 Å². The van der Waals surface area contributed by atoms with Gasteiger partial charge in [-0.3, -0.25) is 9.88 Å². The van der Waals surface area contributed by atoms with E-state index >= 15 is 4.39 Å². The number of aromatic nitrogens is 3. The Hall–Kier alpha value is -3.89. The number of fused-ring (bicyclic) bond motifs is 5. The molecule has 4 saturated heterocycles. The van der Waals surface area contributed by atoms with Gasteiger partial charge in [-0.15, -0.1) is 0 Å². The van der Waals surface area contributed by atoms with Crippen LogP contribution in [0.15, 0.2) is 36.5 Å².